The van der Waals surface area contributed by atoms with Crippen LogP contribution in [0.2, 0.25) is 0 Å². The first-order valence-corrected chi connectivity index (χ1v) is 5.95. The number of imidazole rings is 1. The smallest absolute Gasteiger partial charge is 0.0925 e. The van der Waals surface area contributed by atoms with Crippen LogP contribution < -0.4 is 0 Å². The molecule has 16 heavy (non-hydrogen) atoms. The first kappa shape index (κ1) is 10.9. The number of aromatic amines is 1. The summed E-state index contributed by atoms with van der Waals surface area (Å²) in [5.41, 5.74) is 3.83. The van der Waals surface area contributed by atoms with Crippen LogP contribution >= 0.6 is 0 Å². The third kappa shape index (κ3) is 2.72. The standard InChI is InChI=1S/C14H18N2/c1-2-3-9-13-14(16-11-15-13)10-12-7-5-4-6-8-12/h4-8,11H,2-3,9-10H2,1H3,(H,15,16). The summed E-state index contributed by atoms with van der Waals surface area (Å²) < 4.78 is 0. The molecule has 1 N–H and O–H groups in total. The summed E-state index contributed by atoms with van der Waals surface area (Å²) in [7, 11) is 0. The van der Waals surface area contributed by atoms with Crippen LogP contribution in [-0.2, 0) is 12.8 Å². The fourth-order valence-corrected chi connectivity index (χ4v) is 1.86. The maximum Gasteiger partial charge on any atom is 0.0925 e. The second kappa shape index (κ2) is 5.50. The Morgan fingerprint density at radius 3 is 2.75 bits per heavy atom. The lowest BCUT2D eigenvalue weighted by Crippen LogP contribution is -1.95. The van der Waals surface area contributed by atoms with Crippen molar-refractivity contribution in [2.24, 2.45) is 0 Å². The van der Waals surface area contributed by atoms with Crippen molar-refractivity contribution in [2.45, 2.75) is 32.6 Å². The third-order valence-corrected chi connectivity index (χ3v) is 2.80. The highest BCUT2D eigenvalue weighted by Crippen LogP contribution is 2.12. The van der Waals surface area contributed by atoms with Crippen LogP contribution in [-0.4, -0.2) is 9.97 Å². The van der Waals surface area contributed by atoms with E-state index in [1.165, 1.54) is 29.8 Å². The molecule has 0 unspecified atom stereocenters. The molecule has 1 aromatic carbocycles. The van der Waals surface area contributed by atoms with Crippen molar-refractivity contribution in [1.82, 2.24) is 9.97 Å². The number of unbranched alkanes of at least 4 members (excludes halogenated alkanes) is 1. The van der Waals surface area contributed by atoms with Gasteiger partial charge in [0.2, 0.25) is 0 Å². The molecule has 2 nitrogen and oxygen atoms in total. The lowest BCUT2D eigenvalue weighted by Gasteiger charge is -2.02. The molecule has 0 saturated carbocycles. The van der Waals surface area contributed by atoms with Gasteiger partial charge in [-0.05, 0) is 18.4 Å². The van der Waals surface area contributed by atoms with E-state index in [9.17, 15) is 0 Å². The molecule has 84 valence electrons. The Labute approximate surface area is 96.7 Å². The zero-order valence-electron chi connectivity index (χ0n) is 9.74. The largest absolute Gasteiger partial charge is 0.348 e. The minimum absolute atomic E-state index is 0.958. The zero-order valence-corrected chi connectivity index (χ0v) is 9.74. The number of hydrogen-bond donors (Lipinski definition) is 1. The molecule has 0 bridgehead atoms. The van der Waals surface area contributed by atoms with Gasteiger partial charge in [-0.3, -0.25) is 0 Å². The first-order chi connectivity index (χ1) is 7.90. The van der Waals surface area contributed by atoms with Gasteiger partial charge in [0, 0.05) is 12.1 Å². The van der Waals surface area contributed by atoms with Gasteiger partial charge in [0.05, 0.1) is 12.0 Å². The number of nitrogens with one attached hydrogen (secondary N) is 1. The van der Waals surface area contributed by atoms with Gasteiger partial charge < -0.3 is 4.98 Å². The van der Waals surface area contributed by atoms with E-state index < -0.39 is 0 Å². The summed E-state index contributed by atoms with van der Waals surface area (Å²) in [6, 6.07) is 10.5. The monoisotopic (exact) mass is 214 g/mol. The average molecular weight is 214 g/mol. The molecule has 0 radical (unpaired) electrons. The fourth-order valence-electron chi connectivity index (χ4n) is 1.86. The van der Waals surface area contributed by atoms with E-state index >= 15 is 0 Å². The molecule has 1 aromatic heterocycles. The number of nitrogens with zero attached hydrogens (tertiary/aromatic N) is 1. The Morgan fingerprint density at radius 2 is 2.00 bits per heavy atom. The van der Waals surface area contributed by atoms with E-state index in [0.29, 0.717) is 0 Å². The molecular weight excluding hydrogens is 196 g/mol. The summed E-state index contributed by atoms with van der Waals surface area (Å²) in [4.78, 5) is 7.65. The van der Waals surface area contributed by atoms with Gasteiger partial charge in [0.15, 0.2) is 0 Å². The van der Waals surface area contributed by atoms with Gasteiger partial charge in [0.25, 0.3) is 0 Å². The maximum absolute atomic E-state index is 4.39. The summed E-state index contributed by atoms with van der Waals surface area (Å²) in [5.74, 6) is 0. The van der Waals surface area contributed by atoms with E-state index in [1.807, 2.05) is 6.33 Å². The van der Waals surface area contributed by atoms with E-state index in [2.05, 4.69) is 47.2 Å². The van der Waals surface area contributed by atoms with Crippen molar-refractivity contribution in [3.8, 4) is 0 Å². The van der Waals surface area contributed by atoms with Crippen LogP contribution in [0.4, 0.5) is 0 Å². The lowest BCUT2D eigenvalue weighted by atomic mass is 10.1. The second-order valence-corrected chi connectivity index (χ2v) is 4.09. The van der Waals surface area contributed by atoms with Crippen molar-refractivity contribution in [3.05, 3.63) is 53.6 Å². The van der Waals surface area contributed by atoms with Crippen molar-refractivity contribution < 1.29 is 0 Å². The van der Waals surface area contributed by atoms with Gasteiger partial charge in [-0.2, -0.15) is 0 Å². The van der Waals surface area contributed by atoms with Gasteiger partial charge in [-0.25, -0.2) is 4.98 Å². The van der Waals surface area contributed by atoms with Crippen LogP contribution in [0.25, 0.3) is 0 Å². The molecule has 0 saturated heterocycles. The first-order valence-electron chi connectivity index (χ1n) is 5.95. The molecule has 0 amide bonds. The molecular formula is C14H18N2. The normalized spacial score (nSPS) is 10.6. The second-order valence-electron chi connectivity index (χ2n) is 4.09. The minimum Gasteiger partial charge on any atom is -0.348 e. The van der Waals surface area contributed by atoms with Crippen molar-refractivity contribution in [3.63, 3.8) is 0 Å². The minimum atomic E-state index is 0.958. The van der Waals surface area contributed by atoms with Crippen LogP contribution in [0.3, 0.4) is 0 Å². The van der Waals surface area contributed by atoms with Crippen molar-refractivity contribution >= 4 is 0 Å². The Morgan fingerprint density at radius 1 is 1.19 bits per heavy atom. The predicted molar refractivity (Wildman–Crippen MR) is 66.4 cm³/mol. The van der Waals surface area contributed by atoms with E-state index in [-0.39, 0.29) is 0 Å². The highest BCUT2D eigenvalue weighted by Gasteiger charge is 2.05. The fraction of sp³-hybridized carbons (Fsp3) is 0.357. The van der Waals surface area contributed by atoms with Crippen LogP contribution in [0.5, 0.6) is 0 Å². The van der Waals surface area contributed by atoms with E-state index in [0.717, 1.165) is 12.8 Å². The highest BCUT2D eigenvalue weighted by atomic mass is 14.9. The molecule has 2 rings (SSSR count). The molecule has 0 atom stereocenters. The van der Waals surface area contributed by atoms with Crippen LogP contribution in [0.1, 0.15) is 36.7 Å². The Hall–Kier alpha value is -1.57. The van der Waals surface area contributed by atoms with E-state index in [1.54, 1.807) is 0 Å². The number of rotatable bonds is 5. The zero-order chi connectivity index (χ0) is 11.2. The summed E-state index contributed by atoms with van der Waals surface area (Å²) in [6.45, 7) is 2.21. The lowest BCUT2D eigenvalue weighted by molar-refractivity contribution is 0.773. The van der Waals surface area contributed by atoms with Crippen molar-refractivity contribution in [2.75, 3.05) is 0 Å². The summed E-state index contributed by atoms with van der Waals surface area (Å²) in [6.07, 6.45) is 6.29. The number of aryl methyl sites for hydroxylation is 1. The third-order valence-electron chi connectivity index (χ3n) is 2.80. The summed E-state index contributed by atoms with van der Waals surface area (Å²) >= 11 is 0. The van der Waals surface area contributed by atoms with Crippen LogP contribution in [0.15, 0.2) is 36.7 Å². The number of hydrogen-bond acceptors (Lipinski definition) is 1. The molecule has 2 aromatic rings. The molecule has 0 fully saturated rings. The highest BCUT2D eigenvalue weighted by molar-refractivity contribution is 5.24. The van der Waals surface area contributed by atoms with Gasteiger partial charge in [0.1, 0.15) is 0 Å². The van der Waals surface area contributed by atoms with Crippen molar-refractivity contribution in [1.29, 1.82) is 0 Å². The van der Waals surface area contributed by atoms with Gasteiger partial charge >= 0.3 is 0 Å². The topological polar surface area (TPSA) is 28.7 Å². The average Bonchev–Trinajstić information content (AvgIpc) is 2.75. The SMILES string of the molecule is CCCCc1nc[nH]c1Cc1ccccc1. The number of aromatic nitrogens is 2. The molecule has 2 heteroatoms. The molecule has 0 aliphatic heterocycles. The summed E-state index contributed by atoms with van der Waals surface area (Å²) in [5, 5.41) is 0. The Bertz CT molecular complexity index is 417. The predicted octanol–water partition coefficient (Wildman–Crippen LogP) is 3.34. The van der Waals surface area contributed by atoms with Gasteiger partial charge in [-0.1, -0.05) is 43.7 Å². The van der Waals surface area contributed by atoms with E-state index in [4.69, 9.17) is 0 Å². The molecule has 0 spiro atoms. The number of H-pyrrole nitrogens is 1. The number of benzene rings is 1. The van der Waals surface area contributed by atoms with Gasteiger partial charge in [-0.15, -0.1) is 0 Å². The Kier molecular flexibility index (Phi) is 3.76. The quantitative estimate of drug-likeness (QED) is 0.812. The Balaban J connectivity index is 2.07. The molecule has 0 aliphatic rings. The van der Waals surface area contributed by atoms with Crippen LogP contribution in [0, 0.1) is 0 Å². The molecule has 0 aliphatic carbocycles. The molecule has 1 heterocycles. The maximum atomic E-state index is 4.39.